The second-order valence-corrected chi connectivity index (χ2v) is 7.19. The van der Waals surface area contributed by atoms with Gasteiger partial charge in [0.1, 0.15) is 5.75 Å². The monoisotopic (exact) mass is 298 g/mol. The molecule has 112 valence electrons. The van der Waals surface area contributed by atoms with E-state index in [-0.39, 0.29) is 6.04 Å². The Morgan fingerprint density at radius 1 is 1.30 bits per heavy atom. The number of hydrogen-bond acceptors (Lipinski definition) is 4. The third-order valence-electron chi connectivity index (χ3n) is 3.86. The van der Waals surface area contributed by atoms with Crippen molar-refractivity contribution in [1.29, 1.82) is 0 Å². The summed E-state index contributed by atoms with van der Waals surface area (Å²) < 4.78 is 32.3. The predicted molar refractivity (Wildman–Crippen MR) is 78.7 cm³/mol. The van der Waals surface area contributed by atoms with Crippen LogP contribution in [0.25, 0.3) is 0 Å². The molecule has 20 heavy (non-hydrogen) atoms. The number of sulfonamides is 1. The highest BCUT2D eigenvalue weighted by atomic mass is 32.2. The van der Waals surface area contributed by atoms with Crippen LogP contribution in [0.15, 0.2) is 17.0 Å². The van der Waals surface area contributed by atoms with Crippen molar-refractivity contribution in [3.63, 3.8) is 0 Å². The Kier molecular flexibility index (Phi) is 4.36. The summed E-state index contributed by atoms with van der Waals surface area (Å²) in [6.07, 6.45) is 0.851. The van der Waals surface area contributed by atoms with E-state index in [1.54, 1.807) is 26.3 Å². The molecule has 1 fully saturated rings. The van der Waals surface area contributed by atoms with Crippen molar-refractivity contribution in [2.45, 2.75) is 31.2 Å². The van der Waals surface area contributed by atoms with E-state index in [1.807, 2.05) is 13.8 Å². The van der Waals surface area contributed by atoms with Gasteiger partial charge in [-0.1, -0.05) is 0 Å². The van der Waals surface area contributed by atoms with Crippen LogP contribution in [0.4, 0.5) is 0 Å². The molecule has 1 aliphatic heterocycles. The molecule has 1 atom stereocenters. The standard InChI is InChI=1S/C14H22N2O3S/c1-10-7-13(19-4)8-11(2)14(10)20(17,18)16(3)12-5-6-15-9-12/h7-8,12,15H,5-6,9H2,1-4H3. The Morgan fingerprint density at radius 3 is 2.35 bits per heavy atom. The Balaban J connectivity index is 2.43. The van der Waals surface area contributed by atoms with E-state index >= 15 is 0 Å². The number of aryl methyl sites for hydroxylation is 2. The van der Waals surface area contributed by atoms with Gasteiger partial charge in [-0.2, -0.15) is 4.31 Å². The molecule has 1 saturated heterocycles. The Labute approximate surface area is 121 Å². The molecule has 1 heterocycles. The number of nitrogens with one attached hydrogen (secondary N) is 1. The molecule has 0 amide bonds. The number of hydrogen-bond donors (Lipinski definition) is 1. The van der Waals surface area contributed by atoms with Crippen molar-refractivity contribution in [2.75, 3.05) is 27.2 Å². The van der Waals surface area contributed by atoms with E-state index in [2.05, 4.69) is 5.32 Å². The Morgan fingerprint density at radius 2 is 1.90 bits per heavy atom. The van der Waals surface area contributed by atoms with Crippen LogP contribution in [0.5, 0.6) is 5.75 Å². The molecule has 2 rings (SSSR count). The fourth-order valence-corrected chi connectivity index (χ4v) is 4.52. The molecule has 0 aromatic heterocycles. The first-order valence-corrected chi connectivity index (χ1v) is 8.16. The second-order valence-electron chi connectivity index (χ2n) is 5.26. The van der Waals surface area contributed by atoms with Gasteiger partial charge in [-0.05, 0) is 50.1 Å². The van der Waals surface area contributed by atoms with Gasteiger partial charge in [0.15, 0.2) is 0 Å². The third kappa shape index (κ3) is 2.68. The molecular formula is C14H22N2O3S. The normalized spacial score (nSPS) is 19.6. The summed E-state index contributed by atoms with van der Waals surface area (Å²) in [4.78, 5) is 0.396. The number of ether oxygens (including phenoxy) is 1. The summed E-state index contributed by atoms with van der Waals surface area (Å²) in [7, 11) is -0.226. The van der Waals surface area contributed by atoms with Crippen LogP contribution >= 0.6 is 0 Å². The molecule has 0 saturated carbocycles. The highest BCUT2D eigenvalue weighted by molar-refractivity contribution is 7.89. The lowest BCUT2D eigenvalue weighted by atomic mass is 10.1. The van der Waals surface area contributed by atoms with Gasteiger partial charge in [0, 0.05) is 19.6 Å². The zero-order valence-corrected chi connectivity index (χ0v) is 13.3. The quantitative estimate of drug-likeness (QED) is 0.910. The number of methoxy groups -OCH3 is 1. The van der Waals surface area contributed by atoms with Gasteiger partial charge in [0.25, 0.3) is 0 Å². The molecule has 0 radical (unpaired) electrons. The lowest BCUT2D eigenvalue weighted by Crippen LogP contribution is -2.38. The zero-order chi connectivity index (χ0) is 14.9. The first kappa shape index (κ1) is 15.3. The molecule has 1 aromatic carbocycles. The zero-order valence-electron chi connectivity index (χ0n) is 12.4. The average Bonchev–Trinajstić information content (AvgIpc) is 2.90. The summed E-state index contributed by atoms with van der Waals surface area (Å²) in [5, 5.41) is 3.20. The molecule has 0 bridgehead atoms. The predicted octanol–water partition coefficient (Wildman–Crippen LogP) is 1.29. The molecule has 1 N–H and O–H groups in total. The molecule has 1 aromatic rings. The van der Waals surface area contributed by atoms with Crippen LogP contribution in [-0.2, 0) is 10.0 Å². The van der Waals surface area contributed by atoms with Crippen molar-refractivity contribution in [1.82, 2.24) is 9.62 Å². The Hall–Kier alpha value is -1.11. The maximum atomic E-state index is 12.8. The van der Waals surface area contributed by atoms with Gasteiger partial charge < -0.3 is 10.1 Å². The lowest BCUT2D eigenvalue weighted by molar-refractivity contribution is 0.386. The van der Waals surface area contributed by atoms with Gasteiger partial charge in [0.05, 0.1) is 12.0 Å². The van der Waals surface area contributed by atoms with Crippen molar-refractivity contribution in [3.05, 3.63) is 23.3 Å². The SMILES string of the molecule is COc1cc(C)c(S(=O)(=O)N(C)C2CCNC2)c(C)c1. The summed E-state index contributed by atoms with van der Waals surface area (Å²) in [5.74, 6) is 0.684. The smallest absolute Gasteiger partial charge is 0.243 e. The van der Waals surface area contributed by atoms with Crippen LogP contribution in [-0.4, -0.2) is 46.0 Å². The number of nitrogens with zero attached hydrogens (tertiary/aromatic N) is 1. The topological polar surface area (TPSA) is 58.6 Å². The van der Waals surface area contributed by atoms with Gasteiger partial charge in [-0.3, -0.25) is 0 Å². The fourth-order valence-electron chi connectivity index (χ4n) is 2.73. The number of likely N-dealkylation sites (N-methyl/N-ethyl adjacent to an activating group) is 1. The summed E-state index contributed by atoms with van der Waals surface area (Å²) in [6.45, 7) is 5.20. The summed E-state index contributed by atoms with van der Waals surface area (Å²) >= 11 is 0. The summed E-state index contributed by atoms with van der Waals surface area (Å²) in [5.41, 5.74) is 1.44. The minimum Gasteiger partial charge on any atom is -0.497 e. The van der Waals surface area contributed by atoms with Crippen LogP contribution < -0.4 is 10.1 Å². The fraction of sp³-hybridized carbons (Fsp3) is 0.571. The van der Waals surface area contributed by atoms with Crippen LogP contribution in [0, 0.1) is 13.8 Å². The maximum absolute atomic E-state index is 12.8. The van der Waals surface area contributed by atoms with E-state index < -0.39 is 10.0 Å². The average molecular weight is 298 g/mol. The lowest BCUT2D eigenvalue weighted by Gasteiger charge is -2.25. The Bertz CT molecular complexity index is 569. The highest BCUT2D eigenvalue weighted by Gasteiger charge is 2.32. The van der Waals surface area contributed by atoms with E-state index in [0.29, 0.717) is 17.2 Å². The molecule has 1 unspecified atom stereocenters. The van der Waals surface area contributed by atoms with E-state index in [9.17, 15) is 8.42 Å². The first-order chi connectivity index (χ1) is 9.37. The van der Waals surface area contributed by atoms with E-state index in [4.69, 9.17) is 4.74 Å². The number of rotatable bonds is 4. The number of benzene rings is 1. The largest absolute Gasteiger partial charge is 0.497 e. The second kappa shape index (κ2) is 5.71. The van der Waals surface area contributed by atoms with E-state index in [1.165, 1.54) is 4.31 Å². The van der Waals surface area contributed by atoms with Gasteiger partial charge in [-0.25, -0.2) is 8.42 Å². The van der Waals surface area contributed by atoms with Crippen LogP contribution in [0.2, 0.25) is 0 Å². The van der Waals surface area contributed by atoms with Crippen molar-refractivity contribution in [2.24, 2.45) is 0 Å². The molecule has 0 aliphatic carbocycles. The van der Waals surface area contributed by atoms with Crippen molar-refractivity contribution < 1.29 is 13.2 Å². The molecule has 0 spiro atoms. The maximum Gasteiger partial charge on any atom is 0.243 e. The summed E-state index contributed by atoms with van der Waals surface area (Å²) in [6, 6.07) is 3.56. The van der Waals surface area contributed by atoms with Crippen LogP contribution in [0.1, 0.15) is 17.5 Å². The van der Waals surface area contributed by atoms with Crippen molar-refractivity contribution >= 4 is 10.0 Å². The minimum atomic E-state index is -3.47. The highest BCUT2D eigenvalue weighted by Crippen LogP contribution is 2.29. The van der Waals surface area contributed by atoms with Gasteiger partial charge in [0.2, 0.25) is 10.0 Å². The van der Waals surface area contributed by atoms with Crippen LogP contribution in [0.3, 0.4) is 0 Å². The molecule has 5 nitrogen and oxygen atoms in total. The molecular weight excluding hydrogens is 276 g/mol. The van der Waals surface area contributed by atoms with Gasteiger partial charge in [-0.15, -0.1) is 0 Å². The third-order valence-corrected chi connectivity index (χ3v) is 6.07. The molecule has 1 aliphatic rings. The first-order valence-electron chi connectivity index (χ1n) is 6.72. The van der Waals surface area contributed by atoms with E-state index in [0.717, 1.165) is 24.1 Å². The minimum absolute atomic E-state index is 0.0286. The van der Waals surface area contributed by atoms with Crippen molar-refractivity contribution in [3.8, 4) is 5.75 Å². The van der Waals surface area contributed by atoms with Gasteiger partial charge >= 0.3 is 0 Å². The molecule has 6 heteroatoms.